The number of aliphatic hydroxyl groups excluding tert-OH is 1. The Morgan fingerprint density at radius 3 is 2.24 bits per heavy atom. The number of benzene rings is 1. The van der Waals surface area contributed by atoms with Gasteiger partial charge in [0, 0.05) is 5.92 Å². The van der Waals surface area contributed by atoms with Crippen LogP contribution in [0.3, 0.4) is 0 Å². The molecular weight excluding hydrogens is 224 g/mol. The molecular formula is C15H24OSi. The molecule has 1 aromatic rings. The van der Waals surface area contributed by atoms with Crippen molar-refractivity contribution < 1.29 is 5.11 Å². The Bertz CT molecular complexity index is 351. The molecule has 0 aromatic heterocycles. The van der Waals surface area contributed by atoms with Crippen LogP contribution in [0.1, 0.15) is 25.0 Å². The van der Waals surface area contributed by atoms with Gasteiger partial charge in [-0.25, -0.2) is 0 Å². The maximum absolute atomic E-state index is 10.3. The van der Waals surface area contributed by atoms with Crippen LogP contribution in [0.4, 0.5) is 0 Å². The largest absolute Gasteiger partial charge is 0.388 e. The standard InChI is InChI=1S/C15H24OSi/c1-5-13(11-12-17(2,3)4)15(16)14-9-7-6-8-10-14/h6-13,15-16H,5H2,1-4H3/b12-11+. The van der Waals surface area contributed by atoms with Crippen LogP contribution < -0.4 is 0 Å². The molecule has 0 saturated carbocycles. The van der Waals surface area contributed by atoms with E-state index < -0.39 is 8.07 Å². The van der Waals surface area contributed by atoms with Crippen LogP contribution in [0, 0.1) is 5.92 Å². The molecule has 17 heavy (non-hydrogen) atoms. The molecule has 0 radical (unpaired) electrons. The molecule has 0 aliphatic carbocycles. The Morgan fingerprint density at radius 2 is 1.76 bits per heavy atom. The number of hydrogen-bond donors (Lipinski definition) is 1. The Morgan fingerprint density at radius 1 is 1.18 bits per heavy atom. The predicted octanol–water partition coefficient (Wildman–Crippen LogP) is 4.18. The molecule has 94 valence electrons. The van der Waals surface area contributed by atoms with Gasteiger partial charge in [0.1, 0.15) is 0 Å². The topological polar surface area (TPSA) is 20.2 Å². The summed E-state index contributed by atoms with van der Waals surface area (Å²) in [6, 6.07) is 9.93. The average molecular weight is 248 g/mol. The molecule has 1 nitrogen and oxygen atoms in total. The van der Waals surface area contributed by atoms with Gasteiger partial charge in [-0.05, 0) is 12.0 Å². The summed E-state index contributed by atoms with van der Waals surface area (Å²) in [6.07, 6.45) is 2.80. The molecule has 2 atom stereocenters. The van der Waals surface area contributed by atoms with E-state index >= 15 is 0 Å². The molecule has 0 aliphatic heterocycles. The quantitative estimate of drug-likeness (QED) is 0.775. The van der Waals surface area contributed by atoms with Gasteiger partial charge in [0.05, 0.1) is 14.2 Å². The zero-order valence-electron chi connectivity index (χ0n) is 11.4. The van der Waals surface area contributed by atoms with Gasteiger partial charge in [0.2, 0.25) is 0 Å². The summed E-state index contributed by atoms with van der Waals surface area (Å²) in [5.41, 5.74) is 3.34. The normalized spacial score (nSPS) is 16.1. The molecule has 0 amide bonds. The highest BCUT2D eigenvalue weighted by Gasteiger charge is 2.17. The van der Waals surface area contributed by atoms with E-state index in [-0.39, 0.29) is 12.0 Å². The summed E-state index contributed by atoms with van der Waals surface area (Å²) < 4.78 is 0. The highest BCUT2D eigenvalue weighted by Crippen LogP contribution is 2.26. The minimum absolute atomic E-state index is 0.226. The van der Waals surface area contributed by atoms with E-state index in [9.17, 15) is 5.11 Å². The van der Waals surface area contributed by atoms with Crippen molar-refractivity contribution in [1.82, 2.24) is 0 Å². The Hall–Kier alpha value is -0.863. The molecule has 0 saturated heterocycles. The van der Waals surface area contributed by atoms with E-state index in [2.05, 4.69) is 38.3 Å². The molecule has 2 unspecified atom stereocenters. The Kier molecular flexibility index (Phi) is 5.16. The van der Waals surface area contributed by atoms with E-state index in [0.29, 0.717) is 0 Å². The predicted molar refractivity (Wildman–Crippen MR) is 77.7 cm³/mol. The summed E-state index contributed by atoms with van der Waals surface area (Å²) in [6.45, 7) is 9.06. The molecule has 0 bridgehead atoms. The van der Waals surface area contributed by atoms with Crippen molar-refractivity contribution in [2.45, 2.75) is 39.1 Å². The first kappa shape index (κ1) is 14.2. The molecule has 2 heteroatoms. The summed E-state index contributed by atoms with van der Waals surface area (Å²) in [4.78, 5) is 0. The SMILES string of the molecule is CCC(/C=C/[Si](C)(C)C)C(O)c1ccccc1. The zero-order chi connectivity index (χ0) is 12.9. The molecule has 0 fully saturated rings. The van der Waals surface area contributed by atoms with Crippen molar-refractivity contribution in [2.75, 3.05) is 0 Å². The summed E-state index contributed by atoms with van der Waals surface area (Å²) in [5.74, 6) is 0.226. The maximum Gasteiger partial charge on any atom is 0.0852 e. The van der Waals surface area contributed by atoms with Gasteiger partial charge in [0.15, 0.2) is 0 Å². The maximum atomic E-state index is 10.3. The summed E-state index contributed by atoms with van der Waals surface area (Å²) in [7, 11) is -1.17. The monoisotopic (exact) mass is 248 g/mol. The van der Waals surface area contributed by atoms with Crippen LogP contribution >= 0.6 is 0 Å². The fourth-order valence-electron chi connectivity index (χ4n) is 1.77. The lowest BCUT2D eigenvalue weighted by Gasteiger charge is -2.20. The van der Waals surface area contributed by atoms with Crippen molar-refractivity contribution in [3.8, 4) is 0 Å². The minimum Gasteiger partial charge on any atom is -0.388 e. The van der Waals surface area contributed by atoms with Crippen LogP contribution in [0.25, 0.3) is 0 Å². The second kappa shape index (κ2) is 6.17. The van der Waals surface area contributed by atoms with Gasteiger partial charge < -0.3 is 5.11 Å². The van der Waals surface area contributed by atoms with Crippen molar-refractivity contribution in [3.63, 3.8) is 0 Å². The molecule has 1 aromatic carbocycles. The van der Waals surface area contributed by atoms with Crippen LogP contribution in [0.2, 0.25) is 19.6 Å². The molecule has 0 spiro atoms. The average Bonchev–Trinajstić information content (AvgIpc) is 2.29. The van der Waals surface area contributed by atoms with E-state index in [1.165, 1.54) is 0 Å². The van der Waals surface area contributed by atoms with Crippen LogP contribution in [0.5, 0.6) is 0 Å². The lowest BCUT2D eigenvalue weighted by Crippen LogP contribution is -2.17. The molecule has 0 heterocycles. The van der Waals surface area contributed by atoms with Crippen molar-refractivity contribution >= 4 is 8.07 Å². The second-order valence-electron chi connectivity index (χ2n) is 5.65. The van der Waals surface area contributed by atoms with Gasteiger partial charge >= 0.3 is 0 Å². The van der Waals surface area contributed by atoms with Gasteiger partial charge in [0.25, 0.3) is 0 Å². The third kappa shape index (κ3) is 4.88. The van der Waals surface area contributed by atoms with E-state index in [4.69, 9.17) is 0 Å². The van der Waals surface area contributed by atoms with E-state index in [0.717, 1.165) is 12.0 Å². The lowest BCUT2D eigenvalue weighted by atomic mass is 9.94. The highest BCUT2D eigenvalue weighted by molar-refractivity contribution is 6.80. The van der Waals surface area contributed by atoms with E-state index in [1.54, 1.807) is 0 Å². The van der Waals surface area contributed by atoms with Crippen LogP contribution in [-0.4, -0.2) is 13.2 Å². The second-order valence-corrected chi connectivity index (χ2v) is 10.7. The van der Waals surface area contributed by atoms with Crippen LogP contribution in [-0.2, 0) is 0 Å². The Labute approximate surface area is 106 Å². The molecule has 1 rings (SSSR count). The number of hydrogen-bond acceptors (Lipinski definition) is 1. The van der Waals surface area contributed by atoms with Gasteiger partial charge in [-0.15, -0.1) is 0 Å². The van der Waals surface area contributed by atoms with Crippen molar-refractivity contribution in [2.24, 2.45) is 5.92 Å². The summed E-state index contributed by atoms with van der Waals surface area (Å²) in [5, 5.41) is 10.3. The zero-order valence-corrected chi connectivity index (χ0v) is 12.4. The van der Waals surface area contributed by atoms with Crippen LogP contribution in [0.15, 0.2) is 42.1 Å². The lowest BCUT2D eigenvalue weighted by molar-refractivity contribution is 0.129. The molecule has 0 aliphatic rings. The van der Waals surface area contributed by atoms with Gasteiger partial charge in [-0.3, -0.25) is 0 Å². The third-order valence-electron chi connectivity index (χ3n) is 2.86. The first-order chi connectivity index (χ1) is 7.94. The third-order valence-corrected chi connectivity index (χ3v) is 4.05. The Balaban J connectivity index is 2.78. The van der Waals surface area contributed by atoms with E-state index in [1.807, 2.05) is 30.3 Å². The number of aliphatic hydroxyl groups is 1. The van der Waals surface area contributed by atoms with Gasteiger partial charge in [-0.1, -0.05) is 68.7 Å². The first-order valence-corrected chi connectivity index (χ1v) is 9.94. The fraction of sp³-hybridized carbons (Fsp3) is 0.467. The smallest absolute Gasteiger partial charge is 0.0852 e. The molecule has 1 N–H and O–H groups in total. The van der Waals surface area contributed by atoms with Crippen molar-refractivity contribution in [3.05, 3.63) is 47.7 Å². The fourth-order valence-corrected chi connectivity index (χ4v) is 2.60. The van der Waals surface area contributed by atoms with Crippen molar-refractivity contribution in [1.29, 1.82) is 0 Å². The summed E-state index contributed by atoms with van der Waals surface area (Å²) >= 11 is 0. The number of rotatable bonds is 5. The first-order valence-electron chi connectivity index (χ1n) is 6.36. The van der Waals surface area contributed by atoms with Gasteiger partial charge in [-0.2, -0.15) is 0 Å². The highest BCUT2D eigenvalue weighted by atomic mass is 28.3. The minimum atomic E-state index is -1.17.